The molecule has 0 radical (unpaired) electrons. The van der Waals surface area contributed by atoms with E-state index in [1.54, 1.807) is 133 Å². The van der Waals surface area contributed by atoms with Crippen LogP contribution in [0.5, 0.6) is 23.0 Å². The second-order valence-electron chi connectivity index (χ2n) is 12.3. The molecule has 1 amide bonds. The summed E-state index contributed by atoms with van der Waals surface area (Å²) in [6.07, 6.45) is 0. The van der Waals surface area contributed by atoms with Crippen LogP contribution in [0.1, 0.15) is 58.7 Å². The monoisotopic (exact) mass is 715 g/mol. The van der Waals surface area contributed by atoms with Crippen molar-refractivity contribution in [1.82, 2.24) is 0 Å². The number of carbonyl (C=O) groups is 5. The number of nitrogens with one attached hydrogen (secondary N) is 1. The molecule has 0 unspecified atom stereocenters. The van der Waals surface area contributed by atoms with Crippen molar-refractivity contribution in [3.05, 3.63) is 173 Å². The van der Waals surface area contributed by atoms with Crippen LogP contribution in [0.2, 0.25) is 0 Å². The number of carbonyl (C=O) groups excluding carboxylic acids is 5. The predicted molar refractivity (Wildman–Crippen MR) is 202 cm³/mol. The van der Waals surface area contributed by atoms with Gasteiger partial charge in [0.1, 0.15) is 23.0 Å². The topological polar surface area (TPSA) is 145 Å². The molecule has 0 saturated heterocycles. The molecule has 0 bridgehead atoms. The van der Waals surface area contributed by atoms with E-state index >= 15 is 0 Å². The van der Waals surface area contributed by atoms with Crippen molar-refractivity contribution in [2.45, 2.75) is 6.92 Å². The number of esters is 3. The largest absolute Gasteiger partial charge is 0.508 e. The van der Waals surface area contributed by atoms with Gasteiger partial charge in [-0.25, -0.2) is 14.4 Å². The van der Waals surface area contributed by atoms with Gasteiger partial charge in [0.15, 0.2) is 5.78 Å². The molecule has 10 nitrogen and oxygen atoms in total. The summed E-state index contributed by atoms with van der Waals surface area (Å²) in [5, 5.41) is 15.4. The zero-order valence-electron chi connectivity index (χ0n) is 28.6. The van der Waals surface area contributed by atoms with Gasteiger partial charge in [0.2, 0.25) is 0 Å². The molecule has 0 saturated carbocycles. The van der Waals surface area contributed by atoms with E-state index in [0.29, 0.717) is 38.9 Å². The van der Waals surface area contributed by atoms with Crippen molar-refractivity contribution >= 4 is 56.8 Å². The van der Waals surface area contributed by atoms with E-state index in [9.17, 15) is 29.1 Å². The van der Waals surface area contributed by atoms with Crippen LogP contribution in [0.3, 0.4) is 0 Å². The number of benzene rings is 7. The van der Waals surface area contributed by atoms with E-state index in [1.165, 1.54) is 19.1 Å². The van der Waals surface area contributed by atoms with Gasteiger partial charge in [0.05, 0.1) is 16.7 Å². The maximum Gasteiger partial charge on any atom is 0.343 e. The van der Waals surface area contributed by atoms with Gasteiger partial charge in [-0.1, -0.05) is 30.3 Å². The second kappa shape index (κ2) is 14.9. The lowest BCUT2D eigenvalue weighted by Gasteiger charge is -2.10. The smallest absolute Gasteiger partial charge is 0.343 e. The van der Waals surface area contributed by atoms with E-state index in [4.69, 9.17) is 14.2 Å². The number of phenols is 1. The molecule has 0 fully saturated rings. The fraction of sp³-hybridized carbons (Fsp3) is 0.0227. The van der Waals surface area contributed by atoms with Gasteiger partial charge < -0.3 is 24.6 Å². The zero-order valence-corrected chi connectivity index (χ0v) is 28.6. The van der Waals surface area contributed by atoms with Gasteiger partial charge in [-0.3, -0.25) is 9.59 Å². The molecule has 54 heavy (non-hydrogen) atoms. The SMILES string of the molecule is CC(=O)c1ccc(OC(=O)c2ccc3cc(OC(=O)c4cccc(C(=O)Nc5ccc(OC(=O)c6ccc7cc(O)ccc7c6)cc5)c4)ccc3c2)cc1. The second-order valence-corrected chi connectivity index (χ2v) is 12.3. The first kappa shape index (κ1) is 34.8. The van der Waals surface area contributed by atoms with Crippen LogP contribution in [0.4, 0.5) is 5.69 Å². The predicted octanol–water partition coefficient (Wildman–Crippen LogP) is 8.81. The molecule has 0 heterocycles. The van der Waals surface area contributed by atoms with Crippen molar-refractivity contribution < 1.29 is 43.3 Å². The molecule has 0 aliphatic carbocycles. The first-order chi connectivity index (χ1) is 26.1. The number of hydrogen-bond donors (Lipinski definition) is 2. The van der Waals surface area contributed by atoms with Crippen LogP contribution in [-0.4, -0.2) is 34.7 Å². The zero-order chi connectivity index (χ0) is 37.8. The van der Waals surface area contributed by atoms with Crippen LogP contribution in [0, 0.1) is 0 Å². The Kier molecular flexibility index (Phi) is 9.64. The van der Waals surface area contributed by atoms with E-state index in [-0.39, 0.29) is 34.2 Å². The third kappa shape index (κ3) is 7.98. The number of fused-ring (bicyclic) bond motifs is 2. The van der Waals surface area contributed by atoms with Crippen molar-refractivity contribution in [2.24, 2.45) is 0 Å². The molecule has 7 rings (SSSR count). The minimum atomic E-state index is -0.671. The molecule has 7 aromatic carbocycles. The van der Waals surface area contributed by atoms with E-state index in [1.807, 2.05) is 0 Å². The number of Topliss-reactive ketones (excluding diaryl/α,β-unsaturated/α-hetero) is 1. The Morgan fingerprint density at radius 1 is 0.444 bits per heavy atom. The molecular formula is C44H29NO9. The number of amides is 1. The van der Waals surface area contributed by atoms with Crippen molar-refractivity contribution in [3.63, 3.8) is 0 Å². The summed E-state index contributed by atoms with van der Waals surface area (Å²) < 4.78 is 16.5. The Labute approximate surface area is 308 Å². The molecule has 7 aromatic rings. The molecular weight excluding hydrogens is 686 g/mol. The van der Waals surface area contributed by atoms with Gasteiger partial charge in [0, 0.05) is 16.8 Å². The first-order valence-corrected chi connectivity index (χ1v) is 16.6. The van der Waals surface area contributed by atoms with Crippen molar-refractivity contribution in [2.75, 3.05) is 5.32 Å². The van der Waals surface area contributed by atoms with Gasteiger partial charge in [0.25, 0.3) is 5.91 Å². The Morgan fingerprint density at radius 2 is 0.889 bits per heavy atom. The average Bonchev–Trinajstić information content (AvgIpc) is 3.18. The summed E-state index contributed by atoms with van der Waals surface area (Å²) in [5.41, 5.74) is 1.99. The highest BCUT2D eigenvalue weighted by Gasteiger charge is 2.16. The van der Waals surface area contributed by atoms with Crippen LogP contribution in [0.25, 0.3) is 21.5 Å². The molecule has 0 spiro atoms. The van der Waals surface area contributed by atoms with Crippen LogP contribution >= 0.6 is 0 Å². The van der Waals surface area contributed by atoms with Gasteiger partial charge in [-0.15, -0.1) is 0 Å². The standard InChI is InChI=1S/C44H29NO9/c1-26(46)27-10-16-38(17-11-27)52-43(50)35-8-6-31-25-40(18-12-29(31)22-35)54-42(49)33-4-2-3-32(23-33)41(48)45-36-13-19-39(20-14-36)53-44(51)34-7-5-30-24-37(47)15-9-28(30)21-34/h2-25,47H,1H3,(H,45,48). The normalized spacial score (nSPS) is 10.8. The van der Waals surface area contributed by atoms with Crippen LogP contribution in [-0.2, 0) is 0 Å². The summed E-state index contributed by atoms with van der Waals surface area (Å²) in [5.74, 6) is -1.36. The fourth-order valence-electron chi connectivity index (χ4n) is 5.63. The minimum absolute atomic E-state index is 0.0880. The lowest BCUT2D eigenvalue weighted by molar-refractivity contribution is 0.0725. The summed E-state index contributed by atoms with van der Waals surface area (Å²) in [6, 6.07) is 38.5. The number of rotatable bonds is 9. The molecule has 0 aliphatic rings. The minimum Gasteiger partial charge on any atom is -0.508 e. The number of phenolic OH excluding ortho intramolecular Hbond substituents is 1. The van der Waals surface area contributed by atoms with Gasteiger partial charge in [-0.05, 0) is 144 Å². The Hall–Kier alpha value is -7.59. The van der Waals surface area contributed by atoms with Crippen molar-refractivity contribution in [1.29, 1.82) is 0 Å². The fourth-order valence-corrected chi connectivity index (χ4v) is 5.63. The highest BCUT2D eigenvalue weighted by atomic mass is 16.5. The first-order valence-electron chi connectivity index (χ1n) is 16.6. The molecule has 264 valence electrons. The van der Waals surface area contributed by atoms with E-state index in [0.717, 1.165) is 10.8 Å². The maximum absolute atomic E-state index is 13.1. The number of ketones is 1. The van der Waals surface area contributed by atoms with Crippen LogP contribution < -0.4 is 19.5 Å². The molecule has 0 atom stereocenters. The quantitative estimate of drug-likeness (QED) is 0.0851. The Morgan fingerprint density at radius 3 is 1.50 bits per heavy atom. The third-order valence-corrected chi connectivity index (χ3v) is 8.47. The number of hydrogen-bond acceptors (Lipinski definition) is 9. The summed E-state index contributed by atoms with van der Waals surface area (Å²) in [7, 11) is 0. The van der Waals surface area contributed by atoms with E-state index < -0.39 is 23.8 Å². The van der Waals surface area contributed by atoms with E-state index in [2.05, 4.69) is 5.32 Å². The number of aromatic hydroxyl groups is 1. The highest BCUT2D eigenvalue weighted by molar-refractivity contribution is 6.06. The third-order valence-electron chi connectivity index (χ3n) is 8.47. The molecule has 10 heteroatoms. The lowest BCUT2D eigenvalue weighted by Crippen LogP contribution is -2.14. The van der Waals surface area contributed by atoms with Crippen LogP contribution in [0.15, 0.2) is 146 Å². The average molecular weight is 716 g/mol. The molecule has 0 aromatic heterocycles. The van der Waals surface area contributed by atoms with Crippen molar-refractivity contribution in [3.8, 4) is 23.0 Å². The summed E-state index contributed by atoms with van der Waals surface area (Å²) in [6.45, 7) is 1.46. The van der Waals surface area contributed by atoms with Gasteiger partial charge in [-0.2, -0.15) is 0 Å². The molecule has 2 N–H and O–H groups in total. The maximum atomic E-state index is 13.1. The number of ether oxygens (including phenoxy) is 3. The lowest BCUT2D eigenvalue weighted by atomic mass is 10.1. The summed E-state index contributed by atoms with van der Waals surface area (Å²) in [4.78, 5) is 63.1. The van der Waals surface area contributed by atoms with Gasteiger partial charge >= 0.3 is 17.9 Å². The Balaban J connectivity index is 0.950. The molecule has 0 aliphatic heterocycles. The summed E-state index contributed by atoms with van der Waals surface area (Å²) >= 11 is 0. The Bertz CT molecular complexity index is 2610. The highest BCUT2D eigenvalue weighted by Crippen LogP contribution is 2.26. The number of anilines is 1.